The standard InChI is InChI=1S/C31H28ClFN4O5/c1-31(22-6-5-19(32)15-23(22)33)41-26-4-2-3-21(28(26)42-31)18-9-12-36(13-10-18)17-27-34-24-7-8-25(30(38)39)35-29(24)37(27)16-20-11-14-40-20/h2-9,15,20H,10-14,16-17H2,1H3,(H,38,39)/t20-,31-/m0/s1. The first kappa shape index (κ1) is 26.9. The van der Waals surface area contributed by atoms with E-state index in [9.17, 15) is 14.3 Å². The first-order valence-corrected chi connectivity index (χ1v) is 14.2. The molecule has 1 N–H and O–H groups in total. The van der Waals surface area contributed by atoms with E-state index in [0.29, 0.717) is 47.3 Å². The van der Waals surface area contributed by atoms with Gasteiger partial charge in [-0.25, -0.2) is 19.2 Å². The summed E-state index contributed by atoms with van der Waals surface area (Å²) in [5, 5.41) is 9.77. The number of halogens is 2. The van der Waals surface area contributed by atoms with Gasteiger partial charge in [0.25, 0.3) is 5.79 Å². The number of ether oxygens (including phenoxy) is 3. The molecule has 3 aliphatic rings. The van der Waals surface area contributed by atoms with Crippen LogP contribution in [0.4, 0.5) is 4.39 Å². The number of pyridine rings is 1. The van der Waals surface area contributed by atoms with Gasteiger partial charge in [0, 0.05) is 37.2 Å². The summed E-state index contributed by atoms with van der Waals surface area (Å²) in [6.07, 6.45) is 3.95. The molecule has 5 heterocycles. The van der Waals surface area contributed by atoms with Crippen molar-refractivity contribution in [3.8, 4) is 11.5 Å². The molecule has 216 valence electrons. The third kappa shape index (κ3) is 4.79. The number of carboxylic acid groups (broad SMARTS) is 1. The van der Waals surface area contributed by atoms with Gasteiger partial charge in [0.2, 0.25) is 0 Å². The van der Waals surface area contributed by atoms with Crippen molar-refractivity contribution in [2.45, 2.75) is 44.7 Å². The van der Waals surface area contributed by atoms with Crippen LogP contribution < -0.4 is 9.47 Å². The fourth-order valence-corrected chi connectivity index (χ4v) is 5.92. The molecule has 42 heavy (non-hydrogen) atoms. The second-order valence-corrected chi connectivity index (χ2v) is 11.3. The van der Waals surface area contributed by atoms with E-state index in [0.717, 1.165) is 43.0 Å². The van der Waals surface area contributed by atoms with Crippen molar-refractivity contribution < 1.29 is 28.5 Å². The summed E-state index contributed by atoms with van der Waals surface area (Å²) in [4.78, 5) is 23.0. The Kier molecular flexibility index (Phi) is 6.64. The summed E-state index contributed by atoms with van der Waals surface area (Å²) in [7, 11) is 0. The molecule has 0 aliphatic carbocycles. The van der Waals surface area contributed by atoms with Gasteiger partial charge < -0.3 is 23.9 Å². The number of nitrogens with zero attached hydrogens (tertiary/aromatic N) is 4. The molecule has 0 saturated carbocycles. The molecular formula is C31H28ClFN4O5. The van der Waals surface area contributed by atoms with Gasteiger partial charge >= 0.3 is 5.97 Å². The lowest BCUT2D eigenvalue weighted by molar-refractivity contribution is -0.0708. The topological polar surface area (TPSA) is 98.9 Å². The number of hydrogen-bond acceptors (Lipinski definition) is 7. The van der Waals surface area contributed by atoms with Crippen molar-refractivity contribution in [3.05, 3.63) is 88.1 Å². The molecule has 0 amide bonds. The van der Waals surface area contributed by atoms with E-state index in [1.54, 1.807) is 25.1 Å². The summed E-state index contributed by atoms with van der Waals surface area (Å²) in [5.41, 5.74) is 3.54. The Labute approximate surface area is 246 Å². The van der Waals surface area contributed by atoms with Crippen LogP contribution in [0.5, 0.6) is 11.5 Å². The molecule has 11 heteroatoms. The predicted octanol–water partition coefficient (Wildman–Crippen LogP) is 5.64. The second kappa shape index (κ2) is 10.4. The van der Waals surface area contributed by atoms with Crippen LogP contribution in [0, 0.1) is 5.82 Å². The van der Waals surface area contributed by atoms with Crippen molar-refractivity contribution in [1.29, 1.82) is 0 Å². The zero-order valence-corrected chi connectivity index (χ0v) is 23.6. The molecule has 2 aromatic carbocycles. The molecule has 0 bridgehead atoms. The second-order valence-electron chi connectivity index (χ2n) is 10.9. The number of aromatic carboxylic acids is 1. The Morgan fingerprint density at radius 2 is 2.05 bits per heavy atom. The van der Waals surface area contributed by atoms with Crippen molar-refractivity contribution in [3.63, 3.8) is 0 Å². The number of carboxylic acids is 1. The van der Waals surface area contributed by atoms with Crippen molar-refractivity contribution in [1.82, 2.24) is 19.4 Å². The van der Waals surface area contributed by atoms with Crippen LogP contribution in [0.2, 0.25) is 5.02 Å². The van der Waals surface area contributed by atoms with Crippen LogP contribution in [0.3, 0.4) is 0 Å². The van der Waals surface area contributed by atoms with Gasteiger partial charge in [-0.3, -0.25) is 4.90 Å². The van der Waals surface area contributed by atoms with E-state index in [2.05, 4.69) is 16.0 Å². The number of para-hydroxylation sites is 1. The molecule has 4 aromatic rings. The molecule has 9 nitrogen and oxygen atoms in total. The maximum Gasteiger partial charge on any atom is 0.354 e. The largest absolute Gasteiger partial charge is 0.477 e. The lowest BCUT2D eigenvalue weighted by atomic mass is 9.98. The summed E-state index contributed by atoms with van der Waals surface area (Å²) < 4.78 is 34.9. The van der Waals surface area contributed by atoms with E-state index in [1.165, 1.54) is 12.1 Å². The smallest absolute Gasteiger partial charge is 0.354 e. The van der Waals surface area contributed by atoms with E-state index in [-0.39, 0.29) is 17.4 Å². The highest BCUT2D eigenvalue weighted by Crippen LogP contribution is 2.49. The molecule has 2 aromatic heterocycles. The maximum atomic E-state index is 14.8. The Hall–Kier alpha value is -3.99. The molecule has 0 radical (unpaired) electrons. The summed E-state index contributed by atoms with van der Waals surface area (Å²) >= 11 is 5.96. The van der Waals surface area contributed by atoms with E-state index >= 15 is 0 Å². The summed E-state index contributed by atoms with van der Waals surface area (Å²) in [5.74, 6) is -0.891. The molecule has 3 aliphatic heterocycles. The van der Waals surface area contributed by atoms with E-state index in [4.69, 9.17) is 30.8 Å². The Bertz CT molecular complexity index is 1750. The number of rotatable bonds is 7. The number of aromatic nitrogens is 3. The fourth-order valence-electron chi connectivity index (χ4n) is 5.76. The lowest BCUT2D eigenvalue weighted by Crippen LogP contribution is -2.34. The summed E-state index contributed by atoms with van der Waals surface area (Å²) in [6.45, 7) is 5.05. The lowest BCUT2D eigenvalue weighted by Gasteiger charge is -2.29. The van der Waals surface area contributed by atoms with Crippen LogP contribution in [0.25, 0.3) is 16.7 Å². The van der Waals surface area contributed by atoms with E-state index in [1.807, 2.05) is 22.8 Å². The van der Waals surface area contributed by atoms with Gasteiger partial charge in [0.15, 0.2) is 22.8 Å². The maximum absolute atomic E-state index is 14.8. The first-order valence-electron chi connectivity index (χ1n) is 13.9. The molecule has 2 atom stereocenters. The van der Waals surface area contributed by atoms with Gasteiger partial charge in [0.05, 0.1) is 24.8 Å². The van der Waals surface area contributed by atoms with E-state index < -0.39 is 17.6 Å². The average molecular weight is 591 g/mol. The SMILES string of the molecule is C[C@]1(c2ccc(Cl)cc2F)Oc2cccc(C3=CCN(Cc4nc5ccc(C(=O)O)nc5n4C[C@@H]4CCO4)CC3)c2O1. The van der Waals surface area contributed by atoms with Crippen LogP contribution in [-0.2, 0) is 23.6 Å². The monoisotopic (exact) mass is 590 g/mol. The number of carbonyl (C=O) groups is 1. The molecular weight excluding hydrogens is 563 g/mol. The van der Waals surface area contributed by atoms with Gasteiger partial charge in [-0.15, -0.1) is 0 Å². The molecule has 7 rings (SSSR count). The van der Waals surface area contributed by atoms with Gasteiger partial charge in [-0.1, -0.05) is 29.8 Å². The predicted molar refractivity (Wildman–Crippen MR) is 153 cm³/mol. The minimum absolute atomic E-state index is 0.00762. The number of hydrogen-bond donors (Lipinski definition) is 1. The van der Waals surface area contributed by atoms with Crippen molar-refractivity contribution in [2.24, 2.45) is 0 Å². The van der Waals surface area contributed by atoms with Crippen LogP contribution >= 0.6 is 11.6 Å². The zero-order chi connectivity index (χ0) is 29.0. The van der Waals surface area contributed by atoms with Crippen LogP contribution in [-0.4, -0.2) is 56.3 Å². The van der Waals surface area contributed by atoms with Gasteiger partial charge in [-0.05, 0) is 54.8 Å². The summed E-state index contributed by atoms with van der Waals surface area (Å²) in [6, 6.07) is 13.4. The van der Waals surface area contributed by atoms with Crippen LogP contribution in [0.1, 0.15) is 47.2 Å². The molecule has 0 spiro atoms. The average Bonchev–Trinajstić information content (AvgIpc) is 3.47. The Balaban J connectivity index is 1.12. The number of benzene rings is 2. The highest BCUT2D eigenvalue weighted by Gasteiger charge is 2.42. The minimum atomic E-state index is -1.31. The third-order valence-electron chi connectivity index (χ3n) is 8.08. The first-order chi connectivity index (χ1) is 20.3. The number of imidazole rings is 1. The molecule has 0 unspecified atom stereocenters. The highest BCUT2D eigenvalue weighted by atomic mass is 35.5. The van der Waals surface area contributed by atoms with Crippen molar-refractivity contribution in [2.75, 3.05) is 19.7 Å². The van der Waals surface area contributed by atoms with Crippen LogP contribution in [0.15, 0.2) is 54.6 Å². The quantitative estimate of drug-likeness (QED) is 0.295. The molecule has 1 fully saturated rings. The fraction of sp³-hybridized carbons (Fsp3) is 0.323. The highest BCUT2D eigenvalue weighted by molar-refractivity contribution is 6.30. The normalized spacial score (nSPS) is 21.8. The zero-order valence-electron chi connectivity index (χ0n) is 22.8. The molecule has 1 saturated heterocycles. The van der Waals surface area contributed by atoms with Gasteiger partial charge in [0.1, 0.15) is 17.2 Å². The van der Waals surface area contributed by atoms with Gasteiger partial charge in [-0.2, -0.15) is 0 Å². The number of fused-ring (bicyclic) bond motifs is 2. The van der Waals surface area contributed by atoms with Crippen molar-refractivity contribution >= 4 is 34.3 Å². The third-order valence-corrected chi connectivity index (χ3v) is 8.31. The Morgan fingerprint density at radius 3 is 2.76 bits per heavy atom. The minimum Gasteiger partial charge on any atom is -0.477 e. The Morgan fingerprint density at radius 1 is 1.19 bits per heavy atom.